The van der Waals surface area contributed by atoms with E-state index >= 15 is 0 Å². The van der Waals surface area contributed by atoms with Gasteiger partial charge in [0.05, 0.1) is 0 Å². The second-order valence-electron chi connectivity index (χ2n) is 2.34. The van der Waals surface area contributed by atoms with E-state index in [1.54, 1.807) is 18.2 Å². The van der Waals surface area contributed by atoms with Crippen LogP contribution < -0.4 is 9.14 Å². The summed E-state index contributed by atoms with van der Waals surface area (Å²) in [5.74, 6) is 0. The number of hydrogen-bond acceptors (Lipinski definition) is 1. The van der Waals surface area contributed by atoms with Gasteiger partial charge in [-0.2, -0.15) is 0 Å². The Hall–Kier alpha value is 1.16. The molecule has 0 radical (unpaired) electrons. The van der Waals surface area contributed by atoms with Crippen molar-refractivity contribution in [1.29, 1.82) is 0 Å². The van der Waals surface area contributed by atoms with Gasteiger partial charge in [0, 0.05) is 0 Å². The fraction of sp³-hybridized carbons (Fsp3) is 0. The summed E-state index contributed by atoms with van der Waals surface area (Å²) in [5, 5.41) is 0.574. The van der Waals surface area contributed by atoms with Gasteiger partial charge in [-0.3, -0.25) is 0 Å². The maximum atomic E-state index is 5.83. The quantitative estimate of drug-likeness (QED) is 0.840. The van der Waals surface area contributed by atoms with Gasteiger partial charge in [-0.25, -0.2) is 0 Å². The van der Waals surface area contributed by atoms with Crippen molar-refractivity contribution >= 4 is 57.8 Å². The van der Waals surface area contributed by atoms with Crippen LogP contribution in [0.3, 0.4) is 0 Å². The standard InChI is InChI=1S/C6H3Cl2.3ClH.Cr.H2N/c7-5-2-1-3-6(8)4-5;;;;;/h1-3H;3*1H;;1H2/q;;;;+4;-1/p-3. The molecule has 0 heterocycles. The normalized spacial score (nSPS) is 15.1. The molecule has 1 aromatic carbocycles. The van der Waals surface area contributed by atoms with Crippen LogP contribution in [0.1, 0.15) is 0 Å². The van der Waals surface area contributed by atoms with Crippen molar-refractivity contribution in [3.63, 3.8) is 0 Å². The summed E-state index contributed by atoms with van der Waals surface area (Å²) in [5.41, 5.74) is 0. The second kappa shape index (κ2) is 3.63. The first-order chi connectivity index (χ1) is 5.68. The van der Waals surface area contributed by atoms with Crippen molar-refractivity contribution in [1.82, 2.24) is 0 Å². The van der Waals surface area contributed by atoms with Gasteiger partial charge in [-0.15, -0.1) is 0 Å². The fourth-order valence-corrected chi connectivity index (χ4v) is 6.82. The molecular weight excluding hydrogens is 315 g/mol. The summed E-state index contributed by atoms with van der Waals surface area (Å²) in [6.45, 7) is 0. The molecule has 75 valence electrons. The Morgan fingerprint density at radius 1 is 1.00 bits per heavy atom. The number of nitrogens with two attached hydrogens (primary N) is 1. The molecule has 0 aliphatic carbocycles. The first-order valence-corrected chi connectivity index (χ1v) is 10.4. The SMILES string of the molecule is [NH2][Cr]([Cl])([Cl])([Cl])[c]1c(Cl)cccc1Cl. The maximum absolute atomic E-state index is 5.83. The zero-order valence-electron chi connectivity index (χ0n) is 6.11. The van der Waals surface area contributed by atoms with E-state index in [0.717, 1.165) is 0 Å². The van der Waals surface area contributed by atoms with Crippen molar-refractivity contribution in [3.05, 3.63) is 28.2 Å². The number of benzene rings is 1. The molecule has 2 N–H and O–H groups in total. The number of rotatable bonds is 1. The van der Waals surface area contributed by atoms with Crippen LogP contribution in [0, 0.1) is 0 Å². The Morgan fingerprint density at radius 2 is 1.38 bits per heavy atom. The van der Waals surface area contributed by atoms with Crippen LogP contribution in [0.4, 0.5) is 0 Å². The Bertz CT molecular complexity index is 315. The van der Waals surface area contributed by atoms with E-state index in [0.29, 0.717) is 0 Å². The topological polar surface area (TPSA) is 26.0 Å². The molecule has 13 heavy (non-hydrogen) atoms. The predicted octanol–water partition coefficient (Wildman–Crippen LogP) is 3.64. The van der Waals surface area contributed by atoms with E-state index in [1.807, 2.05) is 0 Å². The second-order valence-corrected chi connectivity index (χ2v) is 16.1. The number of hydrogen-bond donors (Lipinski definition) is 1. The van der Waals surface area contributed by atoms with Gasteiger partial charge >= 0.3 is 100 Å². The summed E-state index contributed by atoms with van der Waals surface area (Å²) in [6.07, 6.45) is 0. The van der Waals surface area contributed by atoms with Crippen molar-refractivity contribution in [2.24, 2.45) is 4.72 Å². The van der Waals surface area contributed by atoms with Crippen molar-refractivity contribution in [2.45, 2.75) is 0 Å². The van der Waals surface area contributed by atoms with E-state index in [1.165, 1.54) is 0 Å². The van der Waals surface area contributed by atoms with E-state index < -0.39 is 9.46 Å². The van der Waals surface area contributed by atoms with Crippen molar-refractivity contribution < 1.29 is 9.46 Å². The molecule has 1 aromatic rings. The Morgan fingerprint density at radius 3 is 1.62 bits per heavy atom. The third kappa shape index (κ3) is 3.06. The van der Waals surface area contributed by atoms with Gasteiger partial charge in [0.2, 0.25) is 0 Å². The Kier molecular flexibility index (Phi) is 3.42. The zero-order chi connectivity index (χ0) is 10.3. The first-order valence-electron chi connectivity index (χ1n) is 3.02. The fourth-order valence-electron chi connectivity index (χ4n) is 0.816. The van der Waals surface area contributed by atoms with Gasteiger partial charge in [-0.1, -0.05) is 0 Å². The van der Waals surface area contributed by atoms with Crippen LogP contribution in [-0.2, 0) is 9.46 Å². The Labute approximate surface area is 99.5 Å². The van der Waals surface area contributed by atoms with Crippen molar-refractivity contribution in [2.75, 3.05) is 0 Å². The van der Waals surface area contributed by atoms with E-state index in [4.69, 9.17) is 58.1 Å². The minimum atomic E-state index is -4.33. The van der Waals surface area contributed by atoms with Gasteiger partial charge in [0.25, 0.3) is 0 Å². The molecule has 0 aromatic heterocycles. The minimum absolute atomic E-state index is 0.246. The molecule has 0 unspecified atom stereocenters. The average molecular weight is 320 g/mol. The number of halogens is 5. The molecular formula is C6H5Cl5CrN. The molecule has 0 saturated heterocycles. The van der Waals surface area contributed by atoms with Crippen LogP contribution in [0.2, 0.25) is 10.0 Å². The average Bonchev–Trinajstić information content (AvgIpc) is 1.80. The third-order valence-electron chi connectivity index (χ3n) is 1.27. The Balaban J connectivity index is 3.47. The molecule has 7 heteroatoms. The molecule has 1 rings (SSSR count). The van der Waals surface area contributed by atoms with E-state index in [2.05, 4.69) is 0 Å². The predicted molar refractivity (Wildman–Crippen MR) is 57.8 cm³/mol. The summed E-state index contributed by atoms with van der Waals surface area (Å²) in [4.78, 5) is 0. The molecule has 0 fully saturated rings. The molecule has 1 nitrogen and oxygen atoms in total. The first kappa shape index (κ1) is 12.2. The molecule has 0 aliphatic heterocycles. The monoisotopic (exact) mass is 318 g/mol. The van der Waals surface area contributed by atoms with Crippen molar-refractivity contribution in [3.8, 4) is 0 Å². The van der Waals surface area contributed by atoms with E-state index in [9.17, 15) is 0 Å². The van der Waals surface area contributed by atoms with Gasteiger partial charge in [0.1, 0.15) is 0 Å². The van der Waals surface area contributed by atoms with Crippen LogP contribution in [-0.4, -0.2) is 0 Å². The van der Waals surface area contributed by atoms with Crippen LogP contribution in [0.25, 0.3) is 0 Å². The van der Waals surface area contributed by atoms with Gasteiger partial charge < -0.3 is 0 Å². The summed E-state index contributed by atoms with van der Waals surface area (Å²) >= 11 is 11.7. The summed E-state index contributed by atoms with van der Waals surface area (Å²) in [6, 6.07) is 4.82. The van der Waals surface area contributed by atoms with Crippen LogP contribution in [0.5, 0.6) is 0 Å². The third-order valence-corrected chi connectivity index (χ3v) is 5.95. The molecule has 0 amide bonds. The van der Waals surface area contributed by atoms with Gasteiger partial charge in [0.15, 0.2) is 0 Å². The summed E-state index contributed by atoms with van der Waals surface area (Å²) in [7, 11) is 13.2. The van der Waals surface area contributed by atoms with Crippen LogP contribution in [0.15, 0.2) is 18.2 Å². The molecule has 0 atom stereocenters. The summed E-state index contributed by atoms with van der Waals surface area (Å²) < 4.78 is 5.84. The molecule has 0 saturated carbocycles. The van der Waals surface area contributed by atoms with E-state index in [-0.39, 0.29) is 14.5 Å². The van der Waals surface area contributed by atoms with Crippen LogP contribution >= 0.6 is 53.3 Å². The van der Waals surface area contributed by atoms with Gasteiger partial charge in [-0.05, 0) is 0 Å². The molecule has 0 bridgehead atoms. The molecule has 0 aliphatic rings. The molecule has 0 spiro atoms. The zero-order valence-corrected chi connectivity index (χ0v) is 11.2.